The third-order valence-electron chi connectivity index (χ3n) is 2.51. The molecule has 0 radical (unpaired) electrons. The van der Waals surface area contributed by atoms with E-state index in [2.05, 4.69) is 10.1 Å². The predicted molar refractivity (Wildman–Crippen MR) is 67.4 cm³/mol. The van der Waals surface area contributed by atoms with Gasteiger partial charge in [-0.2, -0.15) is 5.10 Å². The molecule has 0 amide bonds. The average molecular weight is 249 g/mol. The van der Waals surface area contributed by atoms with Gasteiger partial charge in [-0.25, -0.2) is 9.67 Å². The molecule has 0 aliphatic heterocycles. The van der Waals surface area contributed by atoms with E-state index in [0.717, 1.165) is 29.4 Å². The molecule has 0 aliphatic rings. The van der Waals surface area contributed by atoms with Crippen molar-refractivity contribution in [3.8, 4) is 0 Å². The van der Waals surface area contributed by atoms with E-state index < -0.39 is 0 Å². The summed E-state index contributed by atoms with van der Waals surface area (Å²) in [7, 11) is 0. The zero-order valence-corrected chi connectivity index (χ0v) is 10.8. The third-order valence-corrected chi connectivity index (χ3v) is 3.42. The van der Waals surface area contributed by atoms with Gasteiger partial charge in [0.05, 0.1) is 4.88 Å². The molecule has 0 saturated heterocycles. The summed E-state index contributed by atoms with van der Waals surface area (Å²) >= 11 is 1.47. The van der Waals surface area contributed by atoms with Crippen LogP contribution in [0.15, 0.2) is 17.5 Å². The Kier molecular flexibility index (Phi) is 3.68. The van der Waals surface area contributed by atoms with Gasteiger partial charge in [0.15, 0.2) is 11.6 Å². The smallest absolute Gasteiger partial charge is 0.194 e. The lowest BCUT2D eigenvalue weighted by Gasteiger charge is -2.01. The van der Waals surface area contributed by atoms with Gasteiger partial charge in [-0.3, -0.25) is 4.79 Å². The second-order valence-corrected chi connectivity index (χ2v) is 4.66. The first-order valence-electron chi connectivity index (χ1n) is 5.73. The number of carbonyl (C=O) groups excluding carboxylic acids is 1. The van der Waals surface area contributed by atoms with Crippen LogP contribution in [0.3, 0.4) is 0 Å². The standard InChI is InChI=1S/C12H15N3OS/c1-3-11-13-12(4-2)15(14-11)8-9(16)10-6-5-7-17-10/h5-7H,3-4,8H2,1-2H3. The first-order valence-corrected chi connectivity index (χ1v) is 6.61. The Bertz CT molecular complexity index is 502. The van der Waals surface area contributed by atoms with Gasteiger partial charge in [-0.05, 0) is 11.4 Å². The van der Waals surface area contributed by atoms with Gasteiger partial charge in [0.25, 0.3) is 0 Å². The van der Waals surface area contributed by atoms with Crippen molar-refractivity contribution in [1.82, 2.24) is 14.8 Å². The largest absolute Gasteiger partial charge is 0.291 e. The number of aromatic nitrogens is 3. The van der Waals surface area contributed by atoms with Crippen molar-refractivity contribution in [3.05, 3.63) is 34.0 Å². The number of thiophene rings is 1. The van der Waals surface area contributed by atoms with Gasteiger partial charge in [0, 0.05) is 12.8 Å². The number of rotatable bonds is 5. The molecule has 4 nitrogen and oxygen atoms in total. The van der Waals surface area contributed by atoms with Crippen molar-refractivity contribution < 1.29 is 4.79 Å². The molecule has 90 valence electrons. The highest BCUT2D eigenvalue weighted by Crippen LogP contribution is 2.11. The van der Waals surface area contributed by atoms with Crippen LogP contribution in [-0.2, 0) is 19.4 Å². The van der Waals surface area contributed by atoms with Crippen LogP contribution in [0, 0.1) is 0 Å². The minimum atomic E-state index is 0.0993. The van der Waals surface area contributed by atoms with Crippen LogP contribution in [0.5, 0.6) is 0 Å². The van der Waals surface area contributed by atoms with Crippen LogP contribution in [0.25, 0.3) is 0 Å². The molecule has 2 aromatic heterocycles. The van der Waals surface area contributed by atoms with Gasteiger partial charge in [-0.15, -0.1) is 11.3 Å². The van der Waals surface area contributed by atoms with Gasteiger partial charge < -0.3 is 0 Å². The maximum Gasteiger partial charge on any atom is 0.194 e. The van der Waals surface area contributed by atoms with Crippen molar-refractivity contribution in [2.75, 3.05) is 0 Å². The summed E-state index contributed by atoms with van der Waals surface area (Å²) in [6.07, 6.45) is 1.60. The molecule has 2 aromatic rings. The molecule has 17 heavy (non-hydrogen) atoms. The van der Waals surface area contributed by atoms with E-state index in [1.165, 1.54) is 11.3 Å². The number of ketones is 1. The number of Topliss-reactive ketones (excluding diaryl/α,β-unsaturated/α-hetero) is 1. The first-order chi connectivity index (χ1) is 8.24. The van der Waals surface area contributed by atoms with Crippen LogP contribution in [0.2, 0.25) is 0 Å². The Hall–Kier alpha value is -1.49. The zero-order valence-electron chi connectivity index (χ0n) is 10.0. The van der Waals surface area contributed by atoms with Crippen molar-refractivity contribution >= 4 is 17.1 Å². The quantitative estimate of drug-likeness (QED) is 0.764. The molecule has 0 N–H and O–H groups in total. The fourth-order valence-corrected chi connectivity index (χ4v) is 2.27. The molecule has 2 heterocycles. The SMILES string of the molecule is CCc1nc(CC)n(CC(=O)c2cccs2)n1. The fourth-order valence-electron chi connectivity index (χ4n) is 1.62. The number of hydrogen-bond acceptors (Lipinski definition) is 4. The van der Waals surface area contributed by atoms with E-state index >= 15 is 0 Å². The Labute approximate surface area is 104 Å². The summed E-state index contributed by atoms with van der Waals surface area (Å²) in [5, 5.41) is 6.25. The maximum atomic E-state index is 12.0. The number of nitrogens with zero attached hydrogens (tertiary/aromatic N) is 3. The third kappa shape index (κ3) is 2.61. The molecule has 0 atom stereocenters. The highest BCUT2D eigenvalue weighted by Gasteiger charge is 2.12. The summed E-state index contributed by atoms with van der Waals surface area (Å²) in [5.41, 5.74) is 0. The molecule has 2 rings (SSSR count). The van der Waals surface area contributed by atoms with Crippen LogP contribution in [0.4, 0.5) is 0 Å². The van der Waals surface area contributed by atoms with E-state index in [9.17, 15) is 4.79 Å². The lowest BCUT2D eigenvalue weighted by Crippen LogP contribution is -2.13. The van der Waals surface area contributed by atoms with Gasteiger partial charge in [0.2, 0.25) is 0 Å². The summed E-state index contributed by atoms with van der Waals surface area (Å²) in [5.74, 6) is 1.79. The van der Waals surface area contributed by atoms with Gasteiger partial charge in [-0.1, -0.05) is 19.9 Å². The normalized spacial score (nSPS) is 10.7. The molecule has 5 heteroatoms. The number of carbonyl (C=O) groups is 1. The van der Waals surface area contributed by atoms with Crippen LogP contribution >= 0.6 is 11.3 Å². The highest BCUT2D eigenvalue weighted by molar-refractivity contribution is 7.12. The van der Waals surface area contributed by atoms with Crippen molar-refractivity contribution in [1.29, 1.82) is 0 Å². The lowest BCUT2D eigenvalue weighted by molar-refractivity contribution is 0.0970. The minimum Gasteiger partial charge on any atom is -0.291 e. The number of hydrogen-bond donors (Lipinski definition) is 0. The van der Waals surface area contributed by atoms with E-state index in [4.69, 9.17) is 0 Å². The second kappa shape index (κ2) is 5.23. The summed E-state index contributed by atoms with van der Waals surface area (Å²) in [4.78, 5) is 17.1. The molecular formula is C12H15N3OS. The summed E-state index contributed by atoms with van der Waals surface area (Å²) < 4.78 is 1.72. The van der Waals surface area contributed by atoms with Crippen molar-refractivity contribution in [3.63, 3.8) is 0 Å². The molecule has 0 saturated carbocycles. The van der Waals surface area contributed by atoms with Crippen molar-refractivity contribution in [2.24, 2.45) is 0 Å². The molecule has 0 aliphatic carbocycles. The molecule has 0 bridgehead atoms. The molecule has 0 fully saturated rings. The minimum absolute atomic E-state index is 0.0993. The molecule has 0 aromatic carbocycles. The van der Waals surface area contributed by atoms with Gasteiger partial charge in [0.1, 0.15) is 12.4 Å². The van der Waals surface area contributed by atoms with E-state index in [-0.39, 0.29) is 12.3 Å². The first kappa shape index (κ1) is 12.0. The summed E-state index contributed by atoms with van der Waals surface area (Å²) in [6.45, 7) is 4.33. The Balaban J connectivity index is 2.18. The fraction of sp³-hybridized carbons (Fsp3) is 0.417. The van der Waals surface area contributed by atoms with E-state index in [1.807, 2.05) is 31.4 Å². The van der Waals surface area contributed by atoms with Crippen LogP contribution in [0.1, 0.15) is 35.2 Å². The average Bonchev–Trinajstić information content (AvgIpc) is 2.97. The predicted octanol–water partition coefficient (Wildman–Crippen LogP) is 2.35. The Morgan fingerprint density at radius 3 is 2.82 bits per heavy atom. The Morgan fingerprint density at radius 1 is 1.41 bits per heavy atom. The monoisotopic (exact) mass is 249 g/mol. The Morgan fingerprint density at radius 2 is 2.24 bits per heavy atom. The maximum absolute atomic E-state index is 12.0. The highest BCUT2D eigenvalue weighted by atomic mass is 32.1. The molecule has 0 unspecified atom stereocenters. The zero-order chi connectivity index (χ0) is 12.3. The molecular weight excluding hydrogens is 234 g/mol. The molecule has 0 spiro atoms. The van der Waals surface area contributed by atoms with Crippen LogP contribution in [-0.4, -0.2) is 20.5 Å². The topological polar surface area (TPSA) is 47.8 Å². The van der Waals surface area contributed by atoms with E-state index in [1.54, 1.807) is 4.68 Å². The lowest BCUT2D eigenvalue weighted by atomic mass is 10.3. The second-order valence-electron chi connectivity index (χ2n) is 3.71. The van der Waals surface area contributed by atoms with E-state index in [0.29, 0.717) is 0 Å². The number of aryl methyl sites for hydroxylation is 2. The van der Waals surface area contributed by atoms with Crippen LogP contribution < -0.4 is 0 Å². The summed E-state index contributed by atoms with van der Waals surface area (Å²) in [6, 6.07) is 3.73. The van der Waals surface area contributed by atoms with Gasteiger partial charge >= 0.3 is 0 Å². The van der Waals surface area contributed by atoms with Crippen molar-refractivity contribution in [2.45, 2.75) is 33.2 Å².